The molecular weight excluding hydrogens is 416 g/mol. The van der Waals surface area contributed by atoms with Gasteiger partial charge in [-0.2, -0.15) is 0 Å². The molecule has 3 heterocycles. The zero-order chi connectivity index (χ0) is 22.1. The largest absolute Gasteiger partial charge is 0.454 e. The normalized spacial score (nSPS) is 12.7. The highest BCUT2D eigenvalue weighted by atomic mass is 32.1. The highest BCUT2D eigenvalue weighted by Gasteiger charge is 2.20. The number of hydrogen-bond acceptors (Lipinski definition) is 7. The topological polar surface area (TPSA) is 85.7 Å². The van der Waals surface area contributed by atoms with Gasteiger partial charge in [0.1, 0.15) is 17.2 Å². The molecule has 1 N–H and O–H groups in total. The molecule has 0 unspecified atom stereocenters. The Morgan fingerprint density at radius 3 is 2.71 bits per heavy atom. The van der Waals surface area contributed by atoms with Gasteiger partial charge in [0.2, 0.25) is 12.7 Å². The average molecular weight is 443 g/mol. The minimum absolute atomic E-state index is 0.110. The summed E-state index contributed by atoms with van der Waals surface area (Å²) in [6.07, 6.45) is 0. The number of fused-ring (bicyclic) bond motifs is 2. The average Bonchev–Trinajstić information content (AvgIpc) is 3.32. The molecule has 0 spiro atoms. The van der Waals surface area contributed by atoms with Crippen LogP contribution in [0.3, 0.4) is 0 Å². The van der Waals surface area contributed by atoms with E-state index in [4.69, 9.17) is 14.5 Å². The summed E-state index contributed by atoms with van der Waals surface area (Å²) in [5, 5.41) is 3.45. The summed E-state index contributed by atoms with van der Waals surface area (Å²) in [6.45, 7) is 10.3. The Bertz CT molecular complexity index is 1200. The molecule has 8 nitrogen and oxygen atoms in total. The number of thiophene rings is 1. The number of hydrogen-bond donors (Lipinski definition) is 1. The lowest BCUT2D eigenvalue weighted by Gasteiger charge is -2.20. The van der Waals surface area contributed by atoms with Crippen molar-refractivity contribution in [3.8, 4) is 11.5 Å². The Morgan fingerprint density at radius 1 is 1.23 bits per heavy atom. The Labute approximate surface area is 184 Å². The van der Waals surface area contributed by atoms with E-state index >= 15 is 0 Å². The van der Waals surface area contributed by atoms with Crippen LogP contribution in [0.2, 0.25) is 0 Å². The van der Waals surface area contributed by atoms with Gasteiger partial charge in [-0.15, -0.1) is 11.3 Å². The summed E-state index contributed by atoms with van der Waals surface area (Å²) in [4.78, 5) is 35.0. The Morgan fingerprint density at radius 2 is 1.97 bits per heavy atom. The number of anilines is 1. The van der Waals surface area contributed by atoms with E-state index in [1.807, 2.05) is 13.8 Å². The van der Waals surface area contributed by atoms with Crippen LogP contribution in [0.5, 0.6) is 11.5 Å². The minimum atomic E-state index is -0.299. The Hall–Kier alpha value is -2.91. The standard InChI is InChI=1S/C22H26N4O4S/c1-5-25(6-2)10-18-24-21-20(13(3)14(4)31-21)22(28)26(18)11-19(27)23-15-7-8-16-17(9-15)30-12-29-16/h7-9H,5-6,10-12H2,1-4H3,(H,23,27). The van der Waals surface area contributed by atoms with E-state index in [2.05, 4.69) is 24.1 Å². The van der Waals surface area contributed by atoms with E-state index in [0.29, 0.717) is 34.9 Å². The fraction of sp³-hybridized carbons (Fsp3) is 0.409. The molecule has 2 aromatic heterocycles. The molecule has 1 aliphatic rings. The summed E-state index contributed by atoms with van der Waals surface area (Å²) in [5.41, 5.74) is 1.34. The number of carbonyl (C=O) groups excluding carboxylic acids is 1. The quantitative estimate of drug-likeness (QED) is 0.604. The first kappa shape index (κ1) is 21.3. The van der Waals surface area contributed by atoms with E-state index < -0.39 is 0 Å². The summed E-state index contributed by atoms with van der Waals surface area (Å²) in [6, 6.07) is 5.22. The van der Waals surface area contributed by atoms with Gasteiger partial charge in [0.15, 0.2) is 11.5 Å². The van der Waals surface area contributed by atoms with Crippen LogP contribution in [0.15, 0.2) is 23.0 Å². The van der Waals surface area contributed by atoms with E-state index in [1.165, 1.54) is 15.9 Å². The number of ether oxygens (including phenoxy) is 2. The third kappa shape index (κ3) is 4.15. The maximum atomic E-state index is 13.4. The molecule has 0 radical (unpaired) electrons. The molecule has 164 valence electrons. The molecule has 4 rings (SSSR count). The summed E-state index contributed by atoms with van der Waals surface area (Å²) in [7, 11) is 0. The van der Waals surface area contributed by atoms with Gasteiger partial charge >= 0.3 is 0 Å². The molecule has 31 heavy (non-hydrogen) atoms. The van der Waals surface area contributed by atoms with Crippen molar-refractivity contribution in [3.63, 3.8) is 0 Å². The lowest BCUT2D eigenvalue weighted by atomic mass is 10.2. The van der Waals surface area contributed by atoms with Gasteiger partial charge in [-0.25, -0.2) is 4.98 Å². The zero-order valence-corrected chi connectivity index (χ0v) is 19.0. The van der Waals surface area contributed by atoms with Crippen molar-refractivity contribution < 1.29 is 14.3 Å². The maximum Gasteiger partial charge on any atom is 0.263 e. The number of aromatic nitrogens is 2. The number of rotatable bonds is 7. The van der Waals surface area contributed by atoms with Gasteiger partial charge in [-0.1, -0.05) is 13.8 Å². The van der Waals surface area contributed by atoms with Gasteiger partial charge in [0.05, 0.1) is 11.9 Å². The Kier molecular flexibility index (Phi) is 5.97. The smallest absolute Gasteiger partial charge is 0.263 e. The van der Waals surface area contributed by atoms with Gasteiger partial charge in [-0.05, 0) is 44.6 Å². The number of nitrogens with one attached hydrogen (secondary N) is 1. The van der Waals surface area contributed by atoms with Crippen LogP contribution in [0.4, 0.5) is 5.69 Å². The fourth-order valence-electron chi connectivity index (χ4n) is 3.62. The van der Waals surface area contributed by atoms with Crippen LogP contribution in [0.25, 0.3) is 10.2 Å². The number of carbonyl (C=O) groups is 1. The maximum absolute atomic E-state index is 13.4. The van der Waals surface area contributed by atoms with Gasteiger partial charge in [-0.3, -0.25) is 19.1 Å². The van der Waals surface area contributed by atoms with Crippen molar-refractivity contribution in [2.75, 3.05) is 25.2 Å². The van der Waals surface area contributed by atoms with E-state index in [-0.39, 0.29) is 24.8 Å². The van der Waals surface area contributed by atoms with Crippen LogP contribution >= 0.6 is 11.3 Å². The second kappa shape index (κ2) is 8.68. The van der Waals surface area contributed by atoms with E-state index in [1.54, 1.807) is 18.2 Å². The predicted octanol–water partition coefficient (Wildman–Crippen LogP) is 3.28. The van der Waals surface area contributed by atoms with Crippen LogP contribution in [0.1, 0.15) is 30.1 Å². The van der Waals surface area contributed by atoms with E-state index in [9.17, 15) is 9.59 Å². The molecular formula is C22H26N4O4S. The lowest BCUT2D eigenvalue weighted by molar-refractivity contribution is -0.116. The fourth-order valence-corrected chi connectivity index (χ4v) is 4.66. The van der Waals surface area contributed by atoms with Crippen molar-refractivity contribution in [2.24, 2.45) is 0 Å². The van der Waals surface area contributed by atoms with Crippen molar-refractivity contribution in [3.05, 3.63) is 44.8 Å². The second-order valence-electron chi connectivity index (χ2n) is 7.46. The number of nitrogens with zero attached hydrogens (tertiary/aromatic N) is 3. The summed E-state index contributed by atoms with van der Waals surface area (Å²) >= 11 is 1.52. The predicted molar refractivity (Wildman–Crippen MR) is 121 cm³/mol. The first-order valence-electron chi connectivity index (χ1n) is 10.3. The van der Waals surface area contributed by atoms with Gasteiger partial charge in [0.25, 0.3) is 5.56 Å². The van der Waals surface area contributed by atoms with Crippen molar-refractivity contribution in [1.82, 2.24) is 14.5 Å². The van der Waals surface area contributed by atoms with Crippen LogP contribution < -0.4 is 20.3 Å². The minimum Gasteiger partial charge on any atom is -0.454 e. The monoisotopic (exact) mass is 442 g/mol. The number of aryl methyl sites for hydroxylation is 2. The molecule has 0 saturated heterocycles. The first-order valence-corrected chi connectivity index (χ1v) is 11.1. The van der Waals surface area contributed by atoms with Crippen LogP contribution in [0, 0.1) is 13.8 Å². The molecule has 0 saturated carbocycles. The van der Waals surface area contributed by atoms with E-state index in [0.717, 1.165) is 28.4 Å². The van der Waals surface area contributed by atoms with Crippen molar-refractivity contribution in [2.45, 2.75) is 40.8 Å². The van der Waals surface area contributed by atoms with Crippen molar-refractivity contribution in [1.29, 1.82) is 0 Å². The molecule has 1 amide bonds. The molecule has 9 heteroatoms. The molecule has 0 bridgehead atoms. The summed E-state index contributed by atoms with van der Waals surface area (Å²) < 4.78 is 12.2. The molecule has 1 aliphatic heterocycles. The second-order valence-corrected chi connectivity index (χ2v) is 8.66. The zero-order valence-electron chi connectivity index (χ0n) is 18.2. The highest BCUT2D eigenvalue weighted by molar-refractivity contribution is 7.18. The lowest BCUT2D eigenvalue weighted by Crippen LogP contribution is -2.34. The molecule has 3 aromatic rings. The summed E-state index contributed by atoms with van der Waals surface area (Å²) in [5.74, 6) is 1.54. The molecule has 0 fully saturated rings. The molecule has 0 atom stereocenters. The third-order valence-electron chi connectivity index (χ3n) is 5.59. The number of benzene rings is 1. The van der Waals surface area contributed by atoms with Gasteiger partial charge in [0, 0.05) is 16.6 Å². The first-order chi connectivity index (χ1) is 14.9. The third-order valence-corrected chi connectivity index (χ3v) is 6.69. The molecule has 1 aromatic carbocycles. The SMILES string of the molecule is CCN(CC)Cc1nc2sc(C)c(C)c2c(=O)n1CC(=O)Nc1ccc2c(c1)OCO2. The Balaban J connectivity index is 1.67. The van der Waals surface area contributed by atoms with Gasteiger partial charge < -0.3 is 14.8 Å². The van der Waals surface area contributed by atoms with Crippen LogP contribution in [-0.4, -0.2) is 40.2 Å². The highest BCUT2D eigenvalue weighted by Crippen LogP contribution is 2.34. The number of amides is 1. The van der Waals surface area contributed by atoms with Crippen LogP contribution in [-0.2, 0) is 17.9 Å². The molecule has 0 aliphatic carbocycles. The van der Waals surface area contributed by atoms with Crippen molar-refractivity contribution >= 4 is 33.1 Å².